The minimum Gasteiger partial charge on any atom is -0.489 e. The Morgan fingerprint density at radius 2 is 1.81 bits per heavy atom. The molecule has 160 valence electrons. The summed E-state index contributed by atoms with van der Waals surface area (Å²) < 4.78 is 15.9. The van der Waals surface area contributed by atoms with Crippen molar-refractivity contribution in [2.45, 2.75) is 26.6 Å². The number of urea groups is 1. The number of benzene rings is 2. The van der Waals surface area contributed by atoms with Gasteiger partial charge in [0.2, 0.25) is 0 Å². The van der Waals surface area contributed by atoms with Crippen LogP contribution in [0.3, 0.4) is 0 Å². The number of ether oxygens (including phenoxy) is 2. The SMILES string of the molecule is Cc1cc(=O)oc2cc(OCc3ccc(C(=O)O[C@@H](C)C(=O)NC(N)=O)cc3)ccc12. The molecule has 0 saturated carbocycles. The molecule has 0 aliphatic heterocycles. The molecule has 1 heterocycles. The minimum absolute atomic E-state index is 0.217. The zero-order valence-corrected chi connectivity index (χ0v) is 16.8. The van der Waals surface area contributed by atoms with Crippen LogP contribution in [-0.2, 0) is 16.1 Å². The van der Waals surface area contributed by atoms with Crippen LogP contribution in [0.1, 0.15) is 28.4 Å². The molecule has 0 aliphatic rings. The summed E-state index contributed by atoms with van der Waals surface area (Å²) in [5.74, 6) is -1.01. The highest BCUT2D eigenvalue weighted by molar-refractivity contribution is 5.98. The molecule has 9 heteroatoms. The number of carbonyl (C=O) groups is 3. The third-order valence-electron chi connectivity index (χ3n) is 4.42. The first kappa shape index (κ1) is 21.6. The molecule has 2 aromatic carbocycles. The third-order valence-corrected chi connectivity index (χ3v) is 4.42. The van der Waals surface area contributed by atoms with Gasteiger partial charge in [-0.05, 0) is 49.2 Å². The summed E-state index contributed by atoms with van der Waals surface area (Å²) in [6.45, 7) is 3.37. The molecule has 1 atom stereocenters. The fourth-order valence-electron chi connectivity index (χ4n) is 2.80. The molecule has 3 aromatic rings. The number of imide groups is 1. The number of fused-ring (bicyclic) bond motifs is 1. The van der Waals surface area contributed by atoms with Crippen LogP contribution >= 0.6 is 0 Å². The van der Waals surface area contributed by atoms with E-state index in [9.17, 15) is 19.2 Å². The van der Waals surface area contributed by atoms with Gasteiger partial charge in [-0.2, -0.15) is 0 Å². The van der Waals surface area contributed by atoms with Crippen LogP contribution in [0.2, 0.25) is 0 Å². The van der Waals surface area contributed by atoms with Crippen molar-refractivity contribution in [3.63, 3.8) is 0 Å². The van der Waals surface area contributed by atoms with Gasteiger partial charge in [-0.3, -0.25) is 10.1 Å². The van der Waals surface area contributed by atoms with E-state index in [4.69, 9.17) is 19.6 Å². The number of nitrogens with one attached hydrogen (secondary N) is 1. The van der Waals surface area contributed by atoms with Crippen LogP contribution in [0.25, 0.3) is 11.0 Å². The number of aryl methyl sites for hydroxylation is 1. The van der Waals surface area contributed by atoms with Gasteiger partial charge in [-0.1, -0.05) is 12.1 Å². The quantitative estimate of drug-likeness (QED) is 0.458. The predicted octanol–water partition coefficient (Wildman–Crippen LogP) is 2.42. The summed E-state index contributed by atoms with van der Waals surface area (Å²) in [5, 5.41) is 2.67. The highest BCUT2D eigenvalue weighted by Crippen LogP contribution is 2.23. The summed E-state index contributed by atoms with van der Waals surface area (Å²) in [5.41, 5.74) is 6.70. The first-order valence-electron chi connectivity index (χ1n) is 9.30. The second kappa shape index (κ2) is 9.12. The molecule has 3 N–H and O–H groups in total. The van der Waals surface area contributed by atoms with Gasteiger partial charge in [-0.15, -0.1) is 0 Å². The fourth-order valence-corrected chi connectivity index (χ4v) is 2.80. The topological polar surface area (TPSA) is 138 Å². The fraction of sp³-hybridized carbons (Fsp3) is 0.182. The highest BCUT2D eigenvalue weighted by atomic mass is 16.5. The van der Waals surface area contributed by atoms with E-state index in [0.29, 0.717) is 11.3 Å². The Morgan fingerprint density at radius 3 is 2.48 bits per heavy atom. The molecule has 0 saturated heterocycles. The number of nitrogens with two attached hydrogens (primary N) is 1. The second-order valence-electron chi connectivity index (χ2n) is 6.79. The van der Waals surface area contributed by atoms with Crippen LogP contribution in [0, 0.1) is 6.92 Å². The van der Waals surface area contributed by atoms with Crippen molar-refractivity contribution >= 4 is 28.9 Å². The molecular weight excluding hydrogens is 404 g/mol. The third kappa shape index (κ3) is 5.47. The molecule has 1 aromatic heterocycles. The average molecular weight is 424 g/mol. The monoisotopic (exact) mass is 424 g/mol. The van der Waals surface area contributed by atoms with Gasteiger partial charge in [0.15, 0.2) is 6.10 Å². The van der Waals surface area contributed by atoms with Crippen molar-refractivity contribution in [1.82, 2.24) is 5.32 Å². The van der Waals surface area contributed by atoms with Crippen molar-refractivity contribution in [3.8, 4) is 5.75 Å². The van der Waals surface area contributed by atoms with E-state index in [0.717, 1.165) is 16.5 Å². The molecule has 3 rings (SSSR count). The highest BCUT2D eigenvalue weighted by Gasteiger charge is 2.20. The van der Waals surface area contributed by atoms with Crippen LogP contribution in [0.5, 0.6) is 5.75 Å². The molecule has 31 heavy (non-hydrogen) atoms. The summed E-state index contributed by atoms with van der Waals surface area (Å²) in [6, 6.07) is 12.1. The van der Waals surface area contributed by atoms with Crippen molar-refractivity contribution in [2.75, 3.05) is 0 Å². The lowest BCUT2D eigenvalue weighted by Gasteiger charge is -2.12. The van der Waals surface area contributed by atoms with E-state index in [2.05, 4.69) is 0 Å². The summed E-state index contributed by atoms with van der Waals surface area (Å²) >= 11 is 0. The van der Waals surface area contributed by atoms with Crippen molar-refractivity contribution < 1.29 is 28.3 Å². The second-order valence-corrected chi connectivity index (χ2v) is 6.79. The summed E-state index contributed by atoms with van der Waals surface area (Å²) in [7, 11) is 0. The Morgan fingerprint density at radius 1 is 1.10 bits per heavy atom. The lowest BCUT2D eigenvalue weighted by Crippen LogP contribution is -2.42. The van der Waals surface area contributed by atoms with E-state index in [-0.39, 0.29) is 12.2 Å². The van der Waals surface area contributed by atoms with Crippen molar-refractivity contribution in [2.24, 2.45) is 5.73 Å². The van der Waals surface area contributed by atoms with Crippen molar-refractivity contribution in [3.05, 3.63) is 75.6 Å². The molecule has 3 amide bonds. The predicted molar refractivity (Wildman–Crippen MR) is 111 cm³/mol. The first-order valence-corrected chi connectivity index (χ1v) is 9.30. The van der Waals surface area contributed by atoms with E-state index < -0.39 is 29.6 Å². The molecule has 0 unspecified atom stereocenters. The Hall–Kier alpha value is -4.14. The Balaban J connectivity index is 1.61. The Labute approximate surface area is 176 Å². The smallest absolute Gasteiger partial charge is 0.338 e. The van der Waals surface area contributed by atoms with Gasteiger partial charge in [0.05, 0.1) is 5.56 Å². The normalized spacial score (nSPS) is 11.5. The van der Waals surface area contributed by atoms with Gasteiger partial charge < -0.3 is 19.6 Å². The maximum Gasteiger partial charge on any atom is 0.338 e. The molecule has 0 spiro atoms. The van der Waals surface area contributed by atoms with Gasteiger partial charge in [-0.25, -0.2) is 14.4 Å². The lowest BCUT2D eigenvalue weighted by molar-refractivity contribution is -0.127. The zero-order valence-electron chi connectivity index (χ0n) is 16.8. The number of amides is 3. The Bertz CT molecular complexity index is 1200. The number of rotatable bonds is 6. The zero-order chi connectivity index (χ0) is 22.5. The average Bonchev–Trinajstić information content (AvgIpc) is 2.71. The molecule has 0 radical (unpaired) electrons. The summed E-state index contributed by atoms with van der Waals surface area (Å²) in [6.07, 6.45) is -1.18. The van der Waals surface area contributed by atoms with E-state index in [1.165, 1.54) is 25.1 Å². The first-order chi connectivity index (χ1) is 14.7. The Kier molecular flexibility index (Phi) is 6.35. The van der Waals surface area contributed by atoms with Crippen LogP contribution in [-0.4, -0.2) is 24.0 Å². The van der Waals surface area contributed by atoms with Crippen LogP contribution in [0.4, 0.5) is 4.79 Å². The number of carbonyl (C=O) groups excluding carboxylic acids is 3. The largest absolute Gasteiger partial charge is 0.489 e. The van der Waals surface area contributed by atoms with E-state index >= 15 is 0 Å². The summed E-state index contributed by atoms with van der Waals surface area (Å²) in [4.78, 5) is 45.9. The number of esters is 1. The van der Waals surface area contributed by atoms with Gasteiger partial charge in [0.1, 0.15) is 17.9 Å². The maximum atomic E-state index is 12.1. The van der Waals surface area contributed by atoms with Gasteiger partial charge in [0.25, 0.3) is 5.91 Å². The molecule has 9 nitrogen and oxygen atoms in total. The standard InChI is InChI=1S/C22H20N2O7/c1-12-9-19(25)31-18-10-16(7-8-17(12)18)29-11-14-3-5-15(6-4-14)21(27)30-13(2)20(26)24-22(23)28/h3-10,13H,11H2,1-2H3,(H3,23,24,26,28)/t13-/m0/s1. The molecular formula is C22H20N2O7. The van der Waals surface area contributed by atoms with Crippen LogP contribution in [0.15, 0.2) is 57.7 Å². The number of primary amides is 1. The molecule has 0 fully saturated rings. The van der Waals surface area contributed by atoms with Gasteiger partial charge in [0, 0.05) is 17.5 Å². The molecule has 0 aliphatic carbocycles. The minimum atomic E-state index is -1.18. The van der Waals surface area contributed by atoms with E-state index in [1.54, 1.807) is 24.3 Å². The van der Waals surface area contributed by atoms with Crippen molar-refractivity contribution in [1.29, 1.82) is 0 Å². The lowest BCUT2D eigenvalue weighted by atomic mass is 10.1. The number of hydrogen-bond donors (Lipinski definition) is 2. The number of hydrogen-bond acceptors (Lipinski definition) is 7. The van der Waals surface area contributed by atoms with Gasteiger partial charge >= 0.3 is 17.6 Å². The maximum absolute atomic E-state index is 12.1. The van der Waals surface area contributed by atoms with Crippen LogP contribution < -0.4 is 21.4 Å². The van der Waals surface area contributed by atoms with E-state index in [1.807, 2.05) is 18.3 Å². The molecule has 0 bridgehead atoms.